The third-order valence-corrected chi connectivity index (χ3v) is 3.15. The van der Waals surface area contributed by atoms with Gasteiger partial charge in [-0.3, -0.25) is 0 Å². The SMILES string of the molecule is CCOC(=O)c1ccc(N=CN(CC)c2ccccc2)cc1. The number of para-hydroxylation sites is 1. The van der Waals surface area contributed by atoms with Crippen molar-refractivity contribution < 1.29 is 9.53 Å². The number of ether oxygens (including phenoxy) is 1. The Balaban J connectivity index is 2.07. The second-order valence-electron chi connectivity index (χ2n) is 4.63. The first-order valence-corrected chi connectivity index (χ1v) is 7.37. The highest BCUT2D eigenvalue weighted by atomic mass is 16.5. The van der Waals surface area contributed by atoms with E-state index in [1.54, 1.807) is 25.4 Å². The second-order valence-corrected chi connectivity index (χ2v) is 4.63. The first-order valence-electron chi connectivity index (χ1n) is 7.37. The van der Waals surface area contributed by atoms with Crippen LogP contribution in [0.4, 0.5) is 11.4 Å². The van der Waals surface area contributed by atoms with Crippen molar-refractivity contribution in [2.24, 2.45) is 4.99 Å². The van der Waals surface area contributed by atoms with Crippen molar-refractivity contribution in [3.63, 3.8) is 0 Å². The third kappa shape index (κ3) is 4.19. The Kier molecular flexibility index (Phi) is 5.72. The fourth-order valence-corrected chi connectivity index (χ4v) is 1.98. The number of hydrogen-bond donors (Lipinski definition) is 0. The minimum atomic E-state index is -0.308. The number of aliphatic imine (C=N–C) groups is 1. The molecular weight excluding hydrogens is 276 g/mol. The molecule has 0 atom stereocenters. The Labute approximate surface area is 131 Å². The Bertz CT molecular complexity index is 621. The Morgan fingerprint density at radius 2 is 1.77 bits per heavy atom. The molecule has 0 aliphatic heterocycles. The number of anilines is 1. The lowest BCUT2D eigenvalue weighted by Gasteiger charge is -2.16. The highest BCUT2D eigenvalue weighted by Gasteiger charge is 2.05. The van der Waals surface area contributed by atoms with Crippen LogP contribution in [0.3, 0.4) is 0 Å². The summed E-state index contributed by atoms with van der Waals surface area (Å²) in [5.41, 5.74) is 2.43. The van der Waals surface area contributed by atoms with Gasteiger partial charge in [-0.15, -0.1) is 0 Å². The predicted octanol–water partition coefficient (Wildman–Crippen LogP) is 4.05. The first kappa shape index (κ1) is 15.8. The zero-order valence-corrected chi connectivity index (χ0v) is 12.9. The van der Waals surface area contributed by atoms with E-state index in [9.17, 15) is 4.79 Å². The van der Waals surface area contributed by atoms with Crippen LogP contribution < -0.4 is 4.90 Å². The molecule has 4 nitrogen and oxygen atoms in total. The summed E-state index contributed by atoms with van der Waals surface area (Å²) in [4.78, 5) is 18.1. The summed E-state index contributed by atoms with van der Waals surface area (Å²) >= 11 is 0. The maximum atomic E-state index is 11.6. The van der Waals surface area contributed by atoms with Crippen molar-refractivity contribution in [3.05, 3.63) is 60.2 Å². The van der Waals surface area contributed by atoms with Crippen LogP contribution in [0.5, 0.6) is 0 Å². The summed E-state index contributed by atoms with van der Waals surface area (Å²) in [5.74, 6) is -0.308. The van der Waals surface area contributed by atoms with Crippen molar-refractivity contribution in [1.82, 2.24) is 0 Å². The van der Waals surface area contributed by atoms with Crippen LogP contribution >= 0.6 is 0 Å². The van der Waals surface area contributed by atoms with Crippen LogP contribution in [0.25, 0.3) is 0 Å². The fourth-order valence-electron chi connectivity index (χ4n) is 1.98. The van der Waals surface area contributed by atoms with Gasteiger partial charge in [-0.25, -0.2) is 9.79 Å². The maximum Gasteiger partial charge on any atom is 0.338 e. The molecule has 0 saturated carbocycles. The zero-order chi connectivity index (χ0) is 15.8. The number of carbonyl (C=O) groups is 1. The molecule has 0 unspecified atom stereocenters. The molecule has 2 aromatic rings. The molecule has 0 aliphatic carbocycles. The number of rotatable bonds is 6. The van der Waals surface area contributed by atoms with E-state index < -0.39 is 0 Å². The minimum Gasteiger partial charge on any atom is -0.462 e. The molecule has 0 heterocycles. The summed E-state index contributed by atoms with van der Waals surface area (Å²) < 4.78 is 4.96. The molecule has 0 bridgehead atoms. The van der Waals surface area contributed by atoms with Crippen LogP contribution in [0.1, 0.15) is 24.2 Å². The molecule has 2 aromatic carbocycles. The summed E-state index contributed by atoms with van der Waals surface area (Å²) in [6.45, 7) is 5.07. The van der Waals surface area contributed by atoms with Crippen molar-refractivity contribution in [1.29, 1.82) is 0 Å². The molecule has 0 N–H and O–H groups in total. The first-order chi connectivity index (χ1) is 10.7. The molecular formula is C18H20N2O2. The van der Waals surface area contributed by atoms with Gasteiger partial charge >= 0.3 is 5.97 Å². The van der Waals surface area contributed by atoms with Gasteiger partial charge in [0.1, 0.15) is 0 Å². The van der Waals surface area contributed by atoms with Gasteiger partial charge in [-0.2, -0.15) is 0 Å². The molecule has 114 valence electrons. The molecule has 22 heavy (non-hydrogen) atoms. The van der Waals surface area contributed by atoms with E-state index >= 15 is 0 Å². The predicted molar refractivity (Wildman–Crippen MR) is 90.0 cm³/mol. The van der Waals surface area contributed by atoms with E-state index in [-0.39, 0.29) is 5.97 Å². The number of nitrogens with zero attached hydrogens (tertiary/aromatic N) is 2. The van der Waals surface area contributed by atoms with Crippen LogP contribution in [0.15, 0.2) is 59.6 Å². The van der Waals surface area contributed by atoms with Gasteiger partial charge in [0, 0.05) is 12.2 Å². The summed E-state index contributed by atoms with van der Waals surface area (Å²) in [7, 11) is 0. The average molecular weight is 296 g/mol. The molecule has 0 radical (unpaired) electrons. The molecule has 2 rings (SSSR count). The van der Waals surface area contributed by atoms with E-state index in [1.807, 2.05) is 42.5 Å². The van der Waals surface area contributed by atoms with Gasteiger partial charge < -0.3 is 9.64 Å². The minimum absolute atomic E-state index is 0.308. The fraction of sp³-hybridized carbons (Fsp3) is 0.222. The molecule has 0 saturated heterocycles. The van der Waals surface area contributed by atoms with Gasteiger partial charge in [-0.05, 0) is 50.2 Å². The highest BCUT2D eigenvalue weighted by Crippen LogP contribution is 2.15. The molecule has 4 heteroatoms. The number of esters is 1. The quantitative estimate of drug-likeness (QED) is 0.459. The third-order valence-electron chi connectivity index (χ3n) is 3.15. The van der Waals surface area contributed by atoms with E-state index in [2.05, 4.69) is 16.8 Å². The second kappa shape index (κ2) is 7.98. The van der Waals surface area contributed by atoms with Gasteiger partial charge in [-0.1, -0.05) is 18.2 Å². The Morgan fingerprint density at radius 3 is 2.36 bits per heavy atom. The van der Waals surface area contributed by atoms with Crippen LogP contribution in [-0.2, 0) is 4.74 Å². The topological polar surface area (TPSA) is 41.9 Å². The normalized spacial score (nSPS) is 10.6. The smallest absolute Gasteiger partial charge is 0.338 e. The zero-order valence-electron chi connectivity index (χ0n) is 12.9. The van der Waals surface area contributed by atoms with Crippen LogP contribution in [0.2, 0.25) is 0 Å². The average Bonchev–Trinajstić information content (AvgIpc) is 2.57. The van der Waals surface area contributed by atoms with E-state index in [0.29, 0.717) is 12.2 Å². The van der Waals surface area contributed by atoms with E-state index in [1.165, 1.54) is 0 Å². The summed E-state index contributed by atoms with van der Waals surface area (Å²) in [6.07, 6.45) is 1.80. The van der Waals surface area contributed by atoms with Gasteiger partial charge in [0.15, 0.2) is 0 Å². The van der Waals surface area contributed by atoms with Crippen LogP contribution in [-0.4, -0.2) is 25.5 Å². The van der Waals surface area contributed by atoms with Crippen molar-refractivity contribution in [2.75, 3.05) is 18.1 Å². The molecule has 0 fully saturated rings. The maximum absolute atomic E-state index is 11.6. The highest BCUT2D eigenvalue weighted by molar-refractivity contribution is 5.90. The van der Waals surface area contributed by atoms with Crippen LogP contribution in [0, 0.1) is 0 Å². The largest absolute Gasteiger partial charge is 0.462 e. The summed E-state index contributed by atoms with van der Waals surface area (Å²) in [6, 6.07) is 17.1. The van der Waals surface area contributed by atoms with E-state index in [0.717, 1.165) is 17.9 Å². The lowest BCUT2D eigenvalue weighted by molar-refractivity contribution is 0.0526. The summed E-state index contributed by atoms with van der Waals surface area (Å²) in [5, 5.41) is 0. The van der Waals surface area contributed by atoms with E-state index in [4.69, 9.17) is 4.74 Å². The molecule has 0 spiro atoms. The lowest BCUT2D eigenvalue weighted by Crippen LogP contribution is -2.19. The number of benzene rings is 2. The molecule has 0 aliphatic rings. The Morgan fingerprint density at radius 1 is 1.09 bits per heavy atom. The number of hydrogen-bond acceptors (Lipinski definition) is 3. The monoisotopic (exact) mass is 296 g/mol. The van der Waals surface area contributed by atoms with Gasteiger partial charge in [0.25, 0.3) is 0 Å². The van der Waals surface area contributed by atoms with Gasteiger partial charge in [0.2, 0.25) is 0 Å². The molecule has 0 amide bonds. The lowest BCUT2D eigenvalue weighted by atomic mass is 10.2. The number of carbonyl (C=O) groups excluding carboxylic acids is 1. The van der Waals surface area contributed by atoms with Gasteiger partial charge in [0.05, 0.1) is 24.2 Å². The van der Waals surface area contributed by atoms with Crippen molar-refractivity contribution in [3.8, 4) is 0 Å². The molecule has 0 aromatic heterocycles. The van der Waals surface area contributed by atoms with Crippen molar-refractivity contribution in [2.45, 2.75) is 13.8 Å². The standard InChI is InChI=1S/C18H20N2O2/c1-3-20(17-8-6-5-7-9-17)14-19-16-12-10-15(11-13-16)18(21)22-4-2/h5-14H,3-4H2,1-2H3. The van der Waals surface area contributed by atoms with Crippen molar-refractivity contribution >= 4 is 23.7 Å². The Hall–Kier alpha value is -2.62.